The van der Waals surface area contributed by atoms with Crippen molar-refractivity contribution in [2.75, 3.05) is 6.54 Å². The molecule has 1 radical (unpaired) electrons. The number of halogens is 1. The normalized spacial score (nSPS) is 10.3. The summed E-state index contributed by atoms with van der Waals surface area (Å²) in [7, 11) is 0. The van der Waals surface area contributed by atoms with Gasteiger partial charge in [0.1, 0.15) is 24.4 Å². The molecule has 1 amide bonds. The molecule has 3 aromatic rings. The molecule has 0 saturated carbocycles. The zero-order valence-corrected chi connectivity index (χ0v) is 17.3. The Morgan fingerprint density at radius 1 is 1.20 bits per heavy atom. The fourth-order valence-electron chi connectivity index (χ4n) is 2.30. The van der Waals surface area contributed by atoms with Gasteiger partial charge in [0.25, 0.3) is 0 Å². The number of nitrogens with zero attached hydrogens (tertiary/aromatic N) is 3. The minimum atomic E-state index is -1.10. The molecular weight excluding hydrogens is 371 g/mol. The zero-order chi connectivity index (χ0) is 17.1. The molecule has 3 rings (SSSR count). The predicted octanol–water partition coefficient (Wildman–Crippen LogP) is 1.57. The summed E-state index contributed by atoms with van der Waals surface area (Å²) in [5.74, 6) is -0.974. The van der Waals surface area contributed by atoms with Gasteiger partial charge in [-0.2, -0.15) is 0 Å². The Morgan fingerprint density at radius 3 is 2.60 bits per heavy atom. The molecule has 0 atom stereocenters. The molecule has 0 saturated heterocycles. The summed E-state index contributed by atoms with van der Waals surface area (Å²) in [6.07, 6.45) is 1.61. The van der Waals surface area contributed by atoms with Gasteiger partial charge < -0.3 is 10.4 Å². The van der Waals surface area contributed by atoms with Crippen LogP contribution >= 0.6 is 11.6 Å². The van der Waals surface area contributed by atoms with Crippen LogP contribution in [0.1, 0.15) is 0 Å². The van der Waals surface area contributed by atoms with Gasteiger partial charge in [-0.25, -0.2) is 9.97 Å². The molecule has 0 aliphatic heterocycles. The second-order valence-electron chi connectivity index (χ2n) is 5.05. The summed E-state index contributed by atoms with van der Waals surface area (Å²) in [4.78, 5) is 31.4. The predicted molar refractivity (Wildman–Crippen MR) is 94.4 cm³/mol. The smallest absolute Gasteiger partial charge is 0.322 e. The van der Waals surface area contributed by atoms with E-state index in [4.69, 9.17) is 16.7 Å². The standard InChI is InChI=1S/C16H13ClN4O3.K/c17-11-5-3-10(4-6-11)15-20-12-2-1-7-18-16(12)21(15)9-13(22)19-8-14(23)24;/h1-7H,8-9H2,(H,19,22)(H,23,24);. The van der Waals surface area contributed by atoms with E-state index in [0.717, 1.165) is 5.56 Å². The Hall–Kier alpha value is -1.29. The third-order valence-electron chi connectivity index (χ3n) is 3.34. The average molecular weight is 384 g/mol. The van der Waals surface area contributed by atoms with E-state index in [2.05, 4.69) is 15.3 Å². The summed E-state index contributed by atoms with van der Waals surface area (Å²) in [5, 5.41) is 11.6. The molecule has 9 heteroatoms. The number of imidazole rings is 1. The number of hydrogen-bond donors (Lipinski definition) is 2. The molecule has 2 N–H and O–H groups in total. The van der Waals surface area contributed by atoms with Crippen LogP contribution in [0.25, 0.3) is 22.6 Å². The van der Waals surface area contributed by atoms with Crippen molar-refractivity contribution in [3.8, 4) is 11.4 Å². The van der Waals surface area contributed by atoms with E-state index in [1.165, 1.54) is 0 Å². The Labute approximate surface area is 190 Å². The van der Waals surface area contributed by atoms with Crippen LogP contribution in [0.15, 0.2) is 42.6 Å². The summed E-state index contributed by atoms with van der Waals surface area (Å²) in [5.41, 5.74) is 1.98. The summed E-state index contributed by atoms with van der Waals surface area (Å²) < 4.78 is 1.65. The summed E-state index contributed by atoms with van der Waals surface area (Å²) >= 11 is 5.91. The maximum Gasteiger partial charge on any atom is 0.322 e. The first-order chi connectivity index (χ1) is 11.5. The van der Waals surface area contributed by atoms with E-state index in [1.54, 1.807) is 47.2 Å². The molecule has 2 aromatic heterocycles. The van der Waals surface area contributed by atoms with Crippen molar-refractivity contribution < 1.29 is 14.7 Å². The molecule has 0 bridgehead atoms. The van der Waals surface area contributed by atoms with Crippen molar-refractivity contribution in [2.24, 2.45) is 0 Å². The molecule has 25 heavy (non-hydrogen) atoms. The third-order valence-corrected chi connectivity index (χ3v) is 3.60. The van der Waals surface area contributed by atoms with E-state index in [-0.39, 0.29) is 57.9 Å². The van der Waals surface area contributed by atoms with E-state index in [9.17, 15) is 9.59 Å². The Balaban J connectivity index is 0.00000225. The van der Waals surface area contributed by atoms with Gasteiger partial charge >= 0.3 is 5.97 Å². The van der Waals surface area contributed by atoms with Gasteiger partial charge in [0, 0.05) is 68.2 Å². The van der Waals surface area contributed by atoms with Gasteiger partial charge in [-0.15, -0.1) is 0 Å². The van der Waals surface area contributed by atoms with E-state index >= 15 is 0 Å². The van der Waals surface area contributed by atoms with Gasteiger partial charge in [0.2, 0.25) is 5.91 Å². The number of fused-ring (bicyclic) bond motifs is 1. The maximum absolute atomic E-state index is 12.0. The van der Waals surface area contributed by atoms with Crippen LogP contribution in [-0.2, 0) is 16.1 Å². The van der Waals surface area contributed by atoms with Crippen molar-refractivity contribution in [2.45, 2.75) is 6.54 Å². The maximum atomic E-state index is 12.0. The molecule has 2 heterocycles. The number of carboxylic acids is 1. The van der Waals surface area contributed by atoms with Crippen molar-refractivity contribution in [3.05, 3.63) is 47.6 Å². The van der Waals surface area contributed by atoms with Crippen molar-refractivity contribution >= 4 is 86.0 Å². The van der Waals surface area contributed by atoms with Gasteiger partial charge in [0.15, 0.2) is 5.65 Å². The summed E-state index contributed by atoms with van der Waals surface area (Å²) in [6, 6.07) is 10.6. The number of amides is 1. The van der Waals surface area contributed by atoms with E-state index in [0.29, 0.717) is 22.0 Å². The molecule has 7 nitrogen and oxygen atoms in total. The average Bonchev–Trinajstić information content (AvgIpc) is 2.92. The fourth-order valence-corrected chi connectivity index (χ4v) is 2.43. The number of benzene rings is 1. The number of aliphatic carboxylic acids is 1. The second kappa shape index (κ2) is 8.88. The van der Waals surface area contributed by atoms with Crippen LogP contribution in [0.5, 0.6) is 0 Å². The number of aromatic nitrogens is 3. The Morgan fingerprint density at radius 2 is 1.92 bits per heavy atom. The number of rotatable bonds is 5. The van der Waals surface area contributed by atoms with Gasteiger partial charge in [-0.05, 0) is 36.4 Å². The first kappa shape index (κ1) is 20.0. The number of carbonyl (C=O) groups excluding carboxylic acids is 1. The van der Waals surface area contributed by atoms with E-state index in [1.807, 2.05) is 0 Å². The number of hydrogen-bond acceptors (Lipinski definition) is 4. The van der Waals surface area contributed by atoms with Crippen molar-refractivity contribution in [1.82, 2.24) is 19.9 Å². The van der Waals surface area contributed by atoms with Crippen LogP contribution < -0.4 is 5.32 Å². The van der Waals surface area contributed by atoms with Crippen LogP contribution in [0.3, 0.4) is 0 Å². The molecule has 0 spiro atoms. The fraction of sp³-hybridized carbons (Fsp3) is 0.125. The molecule has 0 aliphatic carbocycles. The van der Waals surface area contributed by atoms with Crippen LogP contribution in [0, 0.1) is 0 Å². The number of nitrogens with one attached hydrogen (secondary N) is 1. The minimum Gasteiger partial charge on any atom is -0.480 e. The number of carboxylic acid groups (broad SMARTS) is 1. The molecule has 0 unspecified atom stereocenters. The van der Waals surface area contributed by atoms with Crippen LogP contribution in [0.2, 0.25) is 5.02 Å². The van der Waals surface area contributed by atoms with Crippen molar-refractivity contribution in [1.29, 1.82) is 0 Å². The van der Waals surface area contributed by atoms with E-state index < -0.39 is 18.4 Å². The van der Waals surface area contributed by atoms with Gasteiger partial charge in [0.05, 0.1) is 0 Å². The molecule has 1 aromatic carbocycles. The van der Waals surface area contributed by atoms with Crippen LogP contribution in [-0.4, -0.2) is 89.4 Å². The summed E-state index contributed by atoms with van der Waals surface area (Å²) in [6.45, 7) is -0.520. The monoisotopic (exact) mass is 383 g/mol. The molecule has 123 valence electrons. The largest absolute Gasteiger partial charge is 0.480 e. The quantitative estimate of drug-likeness (QED) is 0.652. The molecular formula is C16H13ClKN4O3. The second-order valence-corrected chi connectivity index (χ2v) is 5.48. The Kier molecular flexibility index (Phi) is 7.11. The van der Waals surface area contributed by atoms with Gasteiger partial charge in [-0.3, -0.25) is 14.2 Å². The molecule has 0 fully saturated rings. The van der Waals surface area contributed by atoms with Gasteiger partial charge in [-0.1, -0.05) is 11.6 Å². The SMILES string of the molecule is O=C(O)CNC(=O)Cn1c(-c2ccc(Cl)cc2)nc2cccnc21.[K]. The van der Waals surface area contributed by atoms with Crippen molar-refractivity contribution in [3.63, 3.8) is 0 Å². The molecule has 0 aliphatic rings. The topological polar surface area (TPSA) is 97.1 Å². The number of pyridine rings is 1. The Bertz CT molecular complexity index is 911. The number of carbonyl (C=O) groups is 2. The minimum absolute atomic E-state index is 0. The van der Waals surface area contributed by atoms with Crippen LogP contribution in [0.4, 0.5) is 0 Å². The first-order valence-electron chi connectivity index (χ1n) is 7.10. The first-order valence-corrected chi connectivity index (χ1v) is 7.48. The zero-order valence-electron chi connectivity index (χ0n) is 13.4. The third kappa shape index (κ3) is 4.87.